The number of carbonyl (C=O) groups excluding carboxylic acids is 1. The third kappa shape index (κ3) is 4.96. The quantitative estimate of drug-likeness (QED) is 0.547. The second kappa shape index (κ2) is 9.71. The highest BCUT2D eigenvalue weighted by Gasteiger charge is 2.23. The molecule has 0 unspecified atom stereocenters. The molecule has 0 saturated heterocycles. The zero-order valence-electron chi connectivity index (χ0n) is 16.7. The molecule has 3 rings (SSSR count). The van der Waals surface area contributed by atoms with E-state index in [0.29, 0.717) is 17.8 Å². The van der Waals surface area contributed by atoms with Gasteiger partial charge >= 0.3 is 0 Å². The number of rotatable bonds is 9. The maximum Gasteiger partial charge on any atom is 0.268 e. The Morgan fingerprint density at radius 1 is 1.03 bits per heavy atom. The minimum atomic E-state index is -3.77. The van der Waals surface area contributed by atoms with Crippen molar-refractivity contribution in [3.63, 3.8) is 0 Å². The predicted molar refractivity (Wildman–Crippen MR) is 114 cm³/mol. The highest BCUT2D eigenvalue weighted by Crippen LogP contribution is 2.19. The molecular weight excluding hydrogens is 402 g/mol. The van der Waals surface area contributed by atoms with Crippen LogP contribution in [0, 0.1) is 0 Å². The second-order valence-electron chi connectivity index (χ2n) is 6.85. The predicted octanol–water partition coefficient (Wildman–Crippen LogP) is 2.08. The summed E-state index contributed by atoms with van der Waals surface area (Å²) in [5.41, 5.74) is 2.06. The molecule has 0 aliphatic heterocycles. The molecule has 1 heterocycles. The molecule has 2 aromatic carbocycles. The molecule has 0 aliphatic rings. The summed E-state index contributed by atoms with van der Waals surface area (Å²) in [5.74, 6) is -0.285. The van der Waals surface area contributed by atoms with Crippen LogP contribution in [0.15, 0.2) is 77.8 Å². The van der Waals surface area contributed by atoms with E-state index in [-0.39, 0.29) is 30.5 Å². The zero-order valence-corrected chi connectivity index (χ0v) is 17.5. The summed E-state index contributed by atoms with van der Waals surface area (Å²) in [6.07, 6.45) is 1.84. The Labute approximate surface area is 176 Å². The summed E-state index contributed by atoms with van der Waals surface area (Å²) in [5, 5.41) is 11.9. The number of hydrogen-bond acceptors (Lipinski definition) is 4. The van der Waals surface area contributed by atoms with Gasteiger partial charge in [-0.25, -0.2) is 8.42 Å². The molecule has 0 atom stereocenters. The fourth-order valence-electron chi connectivity index (χ4n) is 3.13. The number of aliphatic hydroxyl groups is 1. The number of benzene rings is 2. The molecular formula is C22H25N3O4S. The molecule has 0 bridgehead atoms. The van der Waals surface area contributed by atoms with Gasteiger partial charge in [-0.2, -0.15) is 4.31 Å². The van der Waals surface area contributed by atoms with Crippen LogP contribution in [0.3, 0.4) is 0 Å². The summed E-state index contributed by atoms with van der Waals surface area (Å²) in [4.78, 5) is 12.9. The van der Waals surface area contributed by atoms with Crippen LogP contribution in [0.1, 0.15) is 21.6 Å². The van der Waals surface area contributed by atoms with Crippen LogP contribution in [0.2, 0.25) is 0 Å². The molecule has 158 valence electrons. The average Bonchev–Trinajstić information content (AvgIpc) is 3.21. The summed E-state index contributed by atoms with van der Waals surface area (Å²) < 4.78 is 28.5. The molecule has 30 heavy (non-hydrogen) atoms. The first kappa shape index (κ1) is 21.8. The lowest BCUT2D eigenvalue weighted by atomic mass is 10.2. The minimum absolute atomic E-state index is 0.00394. The van der Waals surface area contributed by atoms with E-state index in [0.717, 1.165) is 9.87 Å². The van der Waals surface area contributed by atoms with Crippen LogP contribution in [0.5, 0.6) is 0 Å². The van der Waals surface area contributed by atoms with Gasteiger partial charge in [-0.3, -0.25) is 4.79 Å². The first-order valence-electron chi connectivity index (χ1n) is 9.56. The Bertz CT molecular complexity index is 1090. The van der Waals surface area contributed by atoms with E-state index in [9.17, 15) is 13.2 Å². The number of hydrogen-bond donors (Lipinski definition) is 2. The van der Waals surface area contributed by atoms with Gasteiger partial charge in [0.2, 0.25) is 10.0 Å². The number of aliphatic hydroxyl groups excluding tert-OH is 1. The van der Waals surface area contributed by atoms with E-state index >= 15 is 0 Å². The van der Waals surface area contributed by atoms with E-state index in [4.69, 9.17) is 5.11 Å². The molecule has 2 N–H and O–H groups in total. The zero-order chi connectivity index (χ0) is 21.6. The van der Waals surface area contributed by atoms with Crippen LogP contribution in [0.25, 0.3) is 0 Å². The lowest BCUT2D eigenvalue weighted by Crippen LogP contribution is -2.31. The Balaban J connectivity index is 1.75. The summed E-state index contributed by atoms with van der Waals surface area (Å²) in [6.45, 7) is 0.355. The molecule has 1 amide bonds. The third-order valence-corrected chi connectivity index (χ3v) is 6.73. The van der Waals surface area contributed by atoms with Gasteiger partial charge in [0.1, 0.15) is 5.69 Å². The number of amides is 1. The highest BCUT2D eigenvalue weighted by atomic mass is 32.2. The standard InChI is InChI=1S/C22H25N3O4S/c1-24(14-15-26)30(28,29)21-12-6-5-10-19(21)16-23-22(27)20-11-7-13-25(20)17-18-8-3-2-4-9-18/h2-13,26H,14-17H2,1H3,(H,23,27). The van der Waals surface area contributed by atoms with E-state index in [1.54, 1.807) is 30.3 Å². The summed E-state index contributed by atoms with van der Waals surface area (Å²) in [7, 11) is -2.35. The third-order valence-electron chi connectivity index (χ3n) is 4.77. The Hall–Kier alpha value is -2.94. The van der Waals surface area contributed by atoms with Crippen molar-refractivity contribution < 1.29 is 18.3 Å². The maximum atomic E-state index is 12.8. The fourth-order valence-corrected chi connectivity index (χ4v) is 4.51. The van der Waals surface area contributed by atoms with Crippen LogP contribution < -0.4 is 5.32 Å². The van der Waals surface area contributed by atoms with Gasteiger partial charge in [0.15, 0.2) is 0 Å². The van der Waals surface area contributed by atoms with Crippen LogP contribution >= 0.6 is 0 Å². The molecule has 0 saturated carbocycles. The Morgan fingerprint density at radius 3 is 2.47 bits per heavy atom. The number of likely N-dealkylation sites (N-methyl/N-ethyl adjacent to an activating group) is 1. The number of carbonyl (C=O) groups is 1. The van der Waals surface area contributed by atoms with Gasteiger partial charge in [-0.15, -0.1) is 0 Å². The number of aromatic nitrogens is 1. The van der Waals surface area contributed by atoms with E-state index in [1.165, 1.54) is 13.1 Å². The lowest BCUT2D eigenvalue weighted by molar-refractivity contribution is 0.0941. The highest BCUT2D eigenvalue weighted by molar-refractivity contribution is 7.89. The van der Waals surface area contributed by atoms with Crippen LogP contribution in [-0.2, 0) is 23.1 Å². The molecule has 0 fully saturated rings. The summed E-state index contributed by atoms with van der Waals surface area (Å²) in [6, 6.07) is 19.9. The van der Waals surface area contributed by atoms with Crippen LogP contribution in [-0.4, -0.2) is 48.5 Å². The van der Waals surface area contributed by atoms with Crippen molar-refractivity contribution in [1.29, 1.82) is 0 Å². The second-order valence-corrected chi connectivity index (χ2v) is 8.86. The van der Waals surface area contributed by atoms with Gasteiger partial charge in [0, 0.05) is 32.9 Å². The molecule has 3 aromatic rings. The first-order chi connectivity index (χ1) is 14.4. The van der Waals surface area contributed by atoms with Gasteiger partial charge in [-0.05, 0) is 29.3 Å². The monoisotopic (exact) mass is 427 g/mol. The Kier molecular flexibility index (Phi) is 7.04. The smallest absolute Gasteiger partial charge is 0.268 e. The maximum absolute atomic E-state index is 12.8. The lowest BCUT2D eigenvalue weighted by Gasteiger charge is -2.18. The molecule has 8 heteroatoms. The van der Waals surface area contributed by atoms with E-state index < -0.39 is 10.0 Å². The van der Waals surface area contributed by atoms with Crippen LogP contribution in [0.4, 0.5) is 0 Å². The van der Waals surface area contributed by atoms with E-state index in [1.807, 2.05) is 41.1 Å². The largest absolute Gasteiger partial charge is 0.395 e. The minimum Gasteiger partial charge on any atom is -0.395 e. The topological polar surface area (TPSA) is 91.6 Å². The molecule has 0 aliphatic carbocycles. The molecule has 0 radical (unpaired) electrons. The number of nitrogens with zero attached hydrogens (tertiary/aromatic N) is 2. The number of sulfonamides is 1. The first-order valence-corrected chi connectivity index (χ1v) is 11.0. The van der Waals surface area contributed by atoms with Crippen molar-refractivity contribution in [3.8, 4) is 0 Å². The fraction of sp³-hybridized carbons (Fsp3) is 0.227. The van der Waals surface area contributed by atoms with Gasteiger partial charge in [0.25, 0.3) is 5.91 Å². The summed E-state index contributed by atoms with van der Waals surface area (Å²) >= 11 is 0. The molecule has 7 nitrogen and oxygen atoms in total. The normalized spacial score (nSPS) is 11.6. The SMILES string of the molecule is CN(CCO)S(=O)(=O)c1ccccc1CNC(=O)c1cccn1Cc1ccccc1. The van der Waals surface area contributed by atoms with Crippen molar-refractivity contribution in [1.82, 2.24) is 14.2 Å². The average molecular weight is 428 g/mol. The van der Waals surface area contributed by atoms with Crippen molar-refractivity contribution in [2.75, 3.05) is 20.2 Å². The Morgan fingerprint density at radius 2 is 1.73 bits per heavy atom. The molecule has 1 aromatic heterocycles. The van der Waals surface area contributed by atoms with Crippen molar-refractivity contribution >= 4 is 15.9 Å². The van der Waals surface area contributed by atoms with Crippen molar-refractivity contribution in [3.05, 3.63) is 89.7 Å². The number of nitrogens with one attached hydrogen (secondary N) is 1. The van der Waals surface area contributed by atoms with Gasteiger partial charge in [0.05, 0.1) is 11.5 Å². The van der Waals surface area contributed by atoms with Gasteiger partial charge < -0.3 is 15.0 Å². The van der Waals surface area contributed by atoms with E-state index in [2.05, 4.69) is 5.32 Å². The molecule has 0 spiro atoms. The van der Waals surface area contributed by atoms with Crippen molar-refractivity contribution in [2.24, 2.45) is 0 Å². The van der Waals surface area contributed by atoms with Crippen molar-refractivity contribution in [2.45, 2.75) is 18.0 Å². The van der Waals surface area contributed by atoms with Gasteiger partial charge in [-0.1, -0.05) is 48.5 Å².